The highest BCUT2D eigenvalue weighted by molar-refractivity contribution is 5.85. The first-order valence-electron chi connectivity index (χ1n) is 6.03. The van der Waals surface area contributed by atoms with Gasteiger partial charge in [-0.2, -0.15) is 5.10 Å². The summed E-state index contributed by atoms with van der Waals surface area (Å²) in [7, 11) is 0. The Morgan fingerprint density at radius 1 is 1.35 bits per heavy atom. The van der Waals surface area contributed by atoms with Gasteiger partial charge in [0.25, 0.3) is 0 Å². The third-order valence-electron chi connectivity index (χ3n) is 3.07. The highest BCUT2D eigenvalue weighted by atomic mass is 19.1. The molecule has 0 radical (unpaired) electrons. The third kappa shape index (κ3) is 2.03. The number of furan rings is 1. The van der Waals surface area contributed by atoms with Crippen molar-refractivity contribution in [3.8, 4) is 16.9 Å². The SMILES string of the molecule is Cc1cc(F)ccc1-n1cc(C=O)c(-c2ccoc2)n1. The van der Waals surface area contributed by atoms with E-state index in [1.807, 2.05) is 0 Å². The lowest BCUT2D eigenvalue weighted by molar-refractivity contribution is 0.112. The van der Waals surface area contributed by atoms with Crippen molar-refractivity contribution >= 4 is 6.29 Å². The number of carbonyl (C=O) groups is 1. The third-order valence-corrected chi connectivity index (χ3v) is 3.07. The first kappa shape index (κ1) is 12.3. The van der Waals surface area contributed by atoms with E-state index in [-0.39, 0.29) is 5.82 Å². The van der Waals surface area contributed by atoms with E-state index in [1.54, 1.807) is 29.9 Å². The minimum atomic E-state index is -0.302. The number of halogens is 1. The number of aldehydes is 1. The zero-order chi connectivity index (χ0) is 14.1. The Balaban J connectivity index is 2.14. The molecule has 0 unspecified atom stereocenters. The summed E-state index contributed by atoms with van der Waals surface area (Å²) in [6, 6.07) is 6.15. The van der Waals surface area contributed by atoms with Crippen LogP contribution in [0.25, 0.3) is 16.9 Å². The summed E-state index contributed by atoms with van der Waals surface area (Å²) in [4.78, 5) is 11.2. The normalized spacial score (nSPS) is 10.7. The number of nitrogens with zero attached hydrogens (tertiary/aromatic N) is 2. The molecule has 1 aromatic carbocycles. The molecule has 0 aliphatic heterocycles. The number of hydrogen-bond donors (Lipinski definition) is 0. The average molecular weight is 270 g/mol. The molecule has 0 saturated heterocycles. The van der Waals surface area contributed by atoms with E-state index in [0.29, 0.717) is 11.3 Å². The molecule has 0 spiro atoms. The van der Waals surface area contributed by atoms with E-state index in [2.05, 4.69) is 5.10 Å². The van der Waals surface area contributed by atoms with E-state index in [0.717, 1.165) is 23.1 Å². The molecule has 5 heteroatoms. The summed E-state index contributed by atoms with van der Waals surface area (Å²) in [5.74, 6) is -0.302. The number of carbonyl (C=O) groups excluding carboxylic acids is 1. The van der Waals surface area contributed by atoms with Gasteiger partial charge >= 0.3 is 0 Å². The maximum absolute atomic E-state index is 13.1. The van der Waals surface area contributed by atoms with Crippen LogP contribution in [0.1, 0.15) is 15.9 Å². The Bertz CT molecular complexity index is 760. The van der Waals surface area contributed by atoms with Crippen molar-refractivity contribution in [1.82, 2.24) is 9.78 Å². The lowest BCUT2D eigenvalue weighted by Gasteiger charge is -2.05. The van der Waals surface area contributed by atoms with Crippen LogP contribution in [-0.2, 0) is 0 Å². The van der Waals surface area contributed by atoms with Crippen molar-refractivity contribution in [3.05, 3.63) is 59.9 Å². The molecule has 2 heterocycles. The van der Waals surface area contributed by atoms with Crippen LogP contribution in [0.4, 0.5) is 4.39 Å². The number of benzene rings is 1. The van der Waals surface area contributed by atoms with Gasteiger partial charge in [-0.25, -0.2) is 9.07 Å². The smallest absolute Gasteiger partial charge is 0.153 e. The molecule has 0 fully saturated rings. The van der Waals surface area contributed by atoms with Crippen LogP contribution in [0.2, 0.25) is 0 Å². The average Bonchev–Trinajstić information content (AvgIpc) is 3.07. The molecule has 0 N–H and O–H groups in total. The lowest BCUT2D eigenvalue weighted by Crippen LogP contribution is -1.98. The summed E-state index contributed by atoms with van der Waals surface area (Å²) in [5, 5.41) is 4.39. The summed E-state index contributed by atoms with van der Waals surface area (Å²) in [6.07, 6.45) is 5.41. The quantitative estimate of drug-likeness (QED) is 0.685. The van der Waals surface area contributed by atoms with Gasteiger partial charge < -0.3 is 4.42 Å². The minimum absolute atomic E-state index is 0.302. The fourth-order valence-corrected chi connectivity index (χ4v) is 2.10. The van der Waals surface area contributed by atoms with E-state index < -0.39 is 0 Å². The molecule has 0 bridgehead atoms. The van der Waals surface area contributed by atoms with Crippen molar-refractivity contribution in [2.45, 2.75) is 6.92 Å². The molecule has 100 valence electrons. The van der Waals surface area contributed by atoms with Crippen molar-refractivity contribution in [3.63, 3.8) is 0 Å². The van der Waals surface area contributed by atoms with Gasteiger partial charge in [-0.15, -0.1) is 0 Å². The van der Waals surface area contributed by atoms with Crippen LogP contribution in [-0.4, -0.2) is 16.1 Å². The topological polar surface area (TPSA) is 48.0 Å². The Kier molecular flexibility index (Phi) is 2.95. The highest BCUT2D eigenvalue weighted by Gasteiger charge is 2.13. The number of rotatable bonds is 3. The van der Waals surface area contributed by atoms with Crippen LogP contribution in [0.5, 0.6) is 0 Å². The molecule has 0 saturated carbocycles. The van der Waals surface area contributed by atoms with Gasteiger partial charge in [0.15, 0.2) is 6.29 Å². The van der Waals surface area contributed by atoms with Gasteiger partial charge in [0.2, 0.25) is 0 Å². The number of aryl methyl sites for hydroxylation is 1. The Labute approximate surface area is 114 Å². The van der Waals surface area contributed by atoms with Crippen LogP contribution in [0, 0.1) is 12.7 Å². The van der Waals surface area contributed by atoms with Gasteiger partial charge in [-0.3, -0.25) is 4.79 Å². The molecule has 0 amide bonds. The van der Waals surface area contributed by atoms with Crippen LogP contribution in [0.15, 0.2) is 47.4 Å². The van der Waals surface area contributed by atoms with Crippen molar-refractivity contribution in [1.29, 1.82) is 0 Å². The molecular weight excluding hydrogens is 259 g/mol. The molecule has 3 rings (SSSR count). The molecular formula is C15H11FN2O2. The molecule has 20 heavy (non-hydrogen) atoms. The molecule has 0 aliphatic carbocycles. The lowest BCUT2D eigenvalue weighted by atomic mass is 10.2. The Morgan fingerprint density at radius 2 is 2.20 bits per heavy atom. The minimum Gasteiger partial charge on any atom is -0.472 e. The number of aromatic nitrogens is 2. The maximum atomic E-state index is 13.1. The van der Waals surface area contributed by atoms with Crippen molar-refractivity contribution < 1.29 is 13.6 Å². The number of hydrogen-bond acceptors (Lipinski definition) is 3. The Hall–Kier alpha value is -2.69. The predicted octanol–water partition coefficient (Wildman–Crippen LogP) is 3.39. The van der Waals surface area contributed by atoms with E-state index >= 15 is 0 Å². The maximum Gasteiger partial charge on any atom is 0.153 e. The largest absolute Gasteiger partial charge is 0.472 e. The fourth-order valence-electron chi connectivity index (χ4n) is 2.10. The highest BCUT2D eigenvalue weighted by Crippen LogP contribution is 2.24. The van der Waals surface area contributed by atoms with Crippen molar-refractivity contribution in [2.24, 2.45) is 0 Å². The van der Waals surface area contributed by atoms with Crippen LogP contribution < -0.4 is 0 Å². The molecule has 3 aromatic rings. The van der Waals surface area contributed by atoms with E-state index in [1.165, 1.54) is 24.7 Å². The van der Waals surface area contributed by atoms with Gasteiger partial charge in [0, 0.05) is 11.8 Å². The van der Waals surface area contributed by atoms with E-state index in [4.69, 9.17) is 4.42 Å². The second kappa shape index (κ2) is 4.77. The first-order valence-corrected chi connectivity index (χ1v) is 6.03. The molecule has 2 aromatic heterocycles. The molecule has 0 atom stereocenters. The monoisotopic (exact) mass is 270 g/mol. The summed E-state index contributed by atoms with van der Waals surface area (Å²) in [5.41, 5.74) is 3.19. The van der Waals surface area contributed by atoms with Gasteiger partial charge in [-0.1, -0.05) is 0 Å². The molecule has 0 aliphatic rings. The standard InChI is InChI=1S/C15H11FN2O2/c1-10-6-13(16)2-3-14(10)18-7-12(8-19)15(17-18)11-4-5-20-9-11/h2-9H,1H3. The van der Waals surface area contributed by atoms with Gasteiger partial charge in [0.05, 0.1) is 23.8 Å². The van der Waals surface area contributed by atoms with Gasteiger partial charge in [-0.05, 0) is 36.8 Å². The zero-order valence-electron chi connectivity index (χ0n) is 10.7. The van der Waals surface area contributed by atoms with Crippen LogP contribution in [0.3, 0.4) is 0 Å². The summed E-state index contributed by atoms with van der Waals surface area (Å²) < 4.78 is 19.7. The van der Waals surface area contributed by atoms with E-state index in [9.17, 15) is 9.18 Å². The second-order valence-electron chi connectivity index (χ2n) is 4.44. The Morgan fingerprint density at radius 3 is 2.85 bits per heavy atom. The zero-order valence-corrected chi connectivity index (χ0v) is 10.7. The molecule has 4 nitrogen and oxygen atoms in total. The predicted molar refractivity (Wildman–Crippen MR) is 71.3 cm³/mol. The summed E-state index contributed by atoms with van der Waals surface area (Å²) in [6.45, 7) is 1.79. The fraction of sp³-hybridized carbons (Fsp3) is 0.0667. The summed E-state index contributed by atoms with van der Waals surface area (Å²) >= 11 is 0. The first-order chi connectivity index (χ1) is 9.69. The van der Waals surface area contributed by atoms with Crippen LogP contribution >= 0.6 is 0 Å². The second-order valence-corrected chi connectivity index (χ2v) is 4.44. The van der Waals surface area contributed by atoms with Gasteiger partial charge in [0.1, 0.15) is 11.5 Å². The van der Waals surface area contributed by atoms with Crippen molar-refractivity contribution in [2.75, 3.05) is 0 Å².